The van der Waals surface area contributed by atoms with E-state index in [2.05, 4.69) is 5.32 Å². The van der Waals surface area contributed by atoms with Gasteiger partial charge in [0.2, 0.25) is 0 Å². The highest BCUT2D eigenvalue weighted by Crippen LogP contribution is 2.21. The Bertz CT molecular complexity index is 732. The Morgan fingerprint density at radius 2 is 1.87 bits per heavy atom. The van der Waals surface area contributed by atoms with E-state index in [1.807, 2.05) is 31.2 Å². The Morgan fingerprint density at radius 3 is 2.57 bits per heavy atom. The molecule has 1 N–H and O–H groups in total. The summed E-state index contributed by atoms with van der Waals surface area (Å²) < 4.78 is 4.95. The number of benzene rings is 2. The van der Waals surface area contributed by atoms with Crippen LogP contribution in [0, 0.1) is 6.92 Å². The third-order valence-corrected chi connectivity index (χ3v) is 3.77. The van der Waals surface area contributed by atoms with Crippen LogP contribution in [-0.4, -0.2) is 18.5 Å². The lowest BCUT2D eigenvalue weighted by atomic mass is 10.1. The van der Waals surface area contributed by atoms with E-state index in [4.69, 9.17) is 27.9 Å². The zero-order chi connectivity index (χ0) is 16.8. The molecule has 6 heteroatoms. The predicted octanol–water partition coefficient (Wildman–Crippen LogP) is 3.78. The average Bonchev–Trinajstić information content (AvgIpc) is 2.52. The zero-order valence-electron chi connectivity index (χ0n) is 12.4. The maximum Gasteiger partial charge on any atom is 0.340 e. The summed E-state index contributed by atoms with van der Waals surface area (Å²) in [5.41, 5.74) is 2.26. The molecule has 1 amide bonds. The maximum atomic E-state index is 11.9. The van der Waals surface area contributed by atoms with Crippen molar-refractivity contribution in [3.63, 3.8) is 0 Å². The van der Waals surface area contributed by atoms with Gasteiger partial charge < -0.3 is 10.1 Å². The number of nitrogens with one attached hydrogen (secondary N) is 1. The molecule has 0 atom stereocenters. The number of ether oxygens (including phenoxy) is 1. The second-order valence-corrected chi connectivity index (χ2v) is 5.75. The van der Waals surface area contributed by atoms with Gasteiger partial charge in [0.25, 0.3) is 5.91 Å². The van der Waals surface area contributed by atoms with Crippen molar-refractivity contribution >= 4 is 35.1 Å². The summed E-state index contributed by atoms with van der Waals surface area (Å²) in [6.45, 7) is 1.97. The molecule has 0 radical (unpaired) electrons. The van der Waals surface area contributed by atoms with Crippen molar-refractivity contribution in [1.82, 2.24) is 5.32 Å². The fourth-order valence-corrected chi connectivity index (χ4v) is 2.40. The molecular formula is C17H15Cl2NO3. The Kier molecular flexibility index (Phi) is 6.02. The molecule has 4 nitrogen and oxygen atoms in total. The molecule has 120 valence electrons. The van der Waals surface area contributed by atoms with Gasteiger partial charge >= 0.3 is 5.97 Å². The number of carbonyl (C=O) groups is 2. The average molecular weight is 352 g/mol. The fraction of sp³-hybridized carbons (Fsp3) is 0.176. The summed E-state index contributed by atoms with van der Waals surface area (Å²) in [5, 5.41) is 3.30. The number of aryl methyl sites for hydroxylation is 1. The van der Waals surface area contributed by atoms with Gasteiger partial charge in [0.05, 0.1) is 10.6 Å². The molecule has 0 bridgehead atoms. The summed E-state index contributed by atoms with van der Waals surface area (Å²) in [5.74, 6) is -1.05. The number of hydrogen-bond donors (Lipinski definition) is 1. The Morgan fingerprint density at radius 1 is 1.13 bits per heavy atom. The van der Waals surface area contributed by atoms with Gasteiger partial charge in [0.1, 0.15) is 0 Å². The van der Waals surface area contributed by atoms with Crippen molar-refractivity contribution in [2.24, 2.45) is 0 Å². The number of carbonyl (C=O) groups excluding carboxylic acids is 2. The van der Waals surface area contributed by atoms with E-state index in [1.165, 1.54) is 18.2 Å². The van der Waals surface area contributed by atoms with E-state index in [-0.39, 0.29) is 23.1 Å². The third-order valence-electron chi connectivity index (χ3n) is 3.22. The van der Waals surface area contributed by atoms with Crippen LogP contribution >= 0.6 is 23.2 Å². The maximum absolute atomic E-state index is 11.9. The molecular weight excluding hydrogens is 337 g/mol. The Balaban J connectivity index is 1.84. The van der Waals surface area contributed by atoms with E-state index in [0.29, 0.717) is 11.6 Å². The van der Waals surface area contributed by atoms with Gasteiger partial charge in [-0.15, -0.1) is 0 Å². The van der Waals surface area contributed by atoms with Gasteiger partial charge in [-0.05, 0) is 36.2 Å². The van der Waals surface area contributed by atoms with E-state index in [9.17, 15) is 9.59 Å². The molecule has 0 saturated heterocycles. The molecule has 0 heterocycles. The minimum absolute atomic E-state index is 0.169. The van der Waals surface area contributed by atoms with Crippen LogP contribution in [0.3, 0.4) is 0 Å². The van der Waals surface area contributed by atoms with E-state index >= 15 is 0 Å². The lowest BCUT2D eigenvalue weighted by molar-refractivity contribution is -0.124. The monoisotopic (exact) mass is 351 g/mol. The fourth-order valence-electron chi connectivity index (χ4n) is 1.92. The van der Waals surface area contributed by atoms with Crippen LogP contribution in [0.25, 0.3) is 0 Å². The molecule has 0 unspecified atom stereocenters. The van der Waals surface area contributed by atoms with Gasteiger partial charge in [0, 0.05) is 11.6 Å². The van der Waals surface area contributed by atoms with Crippen LogP contribution in [0.15, 0.2) is 42.5 Å². The Labute approximate surface area is 144 Å². The van der Waals surface area contributed by atoms with E-state index < -0.39 is 5.97 Å². The highest BCUT2D eigenvalue weighted by atomic mass is 35.5. The molecule has 0 aliphatic heterocycles. The van der Waals surface area contributed by atoms with Crippen molar-refractivity contribution in [2.45, 2.75) is 13.5 Å². The molecule has 2 rings (SSSR count). The van der Waals surface area contributed by atoms with E-state index in [0.717, 1.165) is 11.1 Å². The first-order valence-corrected chi connectivity index (χ1v) is 7.66. The van der Waals surface area contributed by atoms with Gasteiger partial charge in [-0.2, -0.15) is 0 Å². The molecule has 0 aliphatic rings. The molecule has 0 fully saturated rings. The molecule has 0 saturated carbocycles. The predicted molar refractivity (Wildman–Crippen MR) is 89.8 cm³/mol. The topological polar surface area (TPSA) is 55.4 Å². The second-order valence-electron chi connectivity index (χ2n) is 4.90. The van der Waals surface area contributed by atoms with Crippen molar-refractivity contribution in [3.05, 3.63) is 69.2 Å². The van der Waals surface area contributed by atoms with Gasteiger partial charge in [0.15, 0.2) is 6.61 Å². The van der Waals surface area contributed by atoms with Crippen LogP contribution in [0.2, 0.25) is 10.0 Å². The number of amides is 1. The van der Waals surface area contributed by atoms with Crippen molar-refractivity contribution in [3.8, 4) is 0 Å². The van der Waals surface area contributed by atoms with Crippen LogP contribution in [0.1, 0.15) is 21.5 Å². The minimum Gasteiger partial charge on any atom is -0.452 e. The van der Waals surface area contributed by atoms with Crippen molar-refractivity contribution in [2.75, 3.05) is 6.61 Å². The van der Waals surface area contributed by atoms with Crippen molar-refractivity contribution < 1.29 is 14.3 Å². The van der Waals surface area contributed by atoms with Gasteiger partial charge in [-0.25, -0.2) is 4.79 Å². The third kappa shape index (κ3) is 4.98. The van der Waals surface area contributed by atoms with Crippen LogP contribution in [-0.2, 0) is 16.1 Å². The normalized spacial score (nSPS) is 10.2. The van der Waals surface area contributed by atoms with Crippen LogP contribution < -0.4 is 5.32 Å². The van der Waals surface area contributed by atoms with Gasteiger partial charge in [-0.1, -0.05) is 47.5 Å². The molecule has 0 spiro atoms. The lowest BCUT2D eigenvalue weighted by Crippen LogP contribution is -2.28. The van der Waals surface area contributed by atoms with Crippen molar-refractivity contribution in [1.29, 1.82) is 0 Å². The first kappa shape index (κ1) is 17.3. The highest BCUT2D eigenvalue weighted by molar-refractivity contribution is 6.36. The van der Waals surface area contributed by atoms with E-state index in [1.54, 1.807) is 0 Å². The SMILES string of the molecule is Cc1ccccc1CNC(=O)COC(=O)c1ccc(Cl)cc1Cl. The minimum atomic E-state index is -0.669. The molecule has 2 aromatic rings. The molecule has 0 aliphatic carbocycles. The summed E-state index contributed by atoms with van der Waals surface area (Å²) in [6, 6.07) is 12.1. The number of esters is 1. The highest BCUT2D eigenvalue weighted by Gasteiger charge is 2.14. The summed E-state index contributed by atoms with van der Waals surface area (Å²) in [7, 11) is 0. The molecule has 0 aromatic heterocycles. The smallest absolute Gasteiger partial charge is 0.340 e. The number of hydrogen-bond acceptors (Lipinski definition) is 3. The van der Waals surface area contributed by atoms with Crippen LogP contribution in [0.4, 0.5) is 0 Å². The molecule has 23 heavy (non-hydrogen) atoms. The first-order valence-electron chi connectivity index (χ1n) is 6.91. The zero-order valence-corrected chi connectivity index (χ0v) is 13.9. The first-order chi connectivity index (χ1) is 11.0. The number of rotatable bonds is 5. The Hall–Kier alpha value is -2.04. The summed E-state index contributed by atoms with van der Waals surface area (Å²) >= 11 is 11.7. The standard InChI is InChI=1S/C17H15Cl2NO3/c1-11-4-2-3-5-12(11)9-20-16(21)10-23-17(22)14-7-6-13(18)8-15(14)19/h2-8H,9-10H2,1H3,(H,20,21). The quantitative estimate of drug-likeness (QED) is 0.834. The summed E-state index contributed by atoms with van der Waals surface area (Å²) in [4.78, 5) is 23.6. The van der Waals surface area contributed by atoms with Crippen LogP contribution in [0.5, 0.6) is 0 Å². The van der Waals surface area contributed by atoms with Gasteiger partial charge in [-0.3, -0.25) is 4.79 Å². The number of halogens is 2. The summed E-state index contributed by atoms with van der Waals surface area (Å²) in [6.07, 6.45) is 0. The lowest BCUT2D eigenvalue weighted by Gasteiger charge is -2.09. The largest absolute Gasteiger partial charge is 0.452 e. The second kappa shape index (κ2) is 7.99. The molecule has 2 aromatic carbocycles.